The fourth-order valence-electron chi connectivity index (χ4n) is 3.03. The standard InChI is InChI=1S/C24H20FN5O2S/c1-32-21-12-10-18(11-13-21)23-28-29-24(30(23)20-8-3-2-4-9-20)33-16-22(31)27-26-15-17-6-5-7-19(25)14-17/h2-15H,16H2,1H3,(H,27,31)/b26-15+. The molecule has 166 valence electrons. The molecule has 9 heteroatoms. The fraction of sp³-hybridized carbons (Fsp3) is 0.0833. The molecule has 1 heterocycles. The molecule has 0 saturated carbocycles. The first-order chi connectivity index (χ1) is 16.1. The Morgan fingerprint density at radius 2 is 1.88 bits per heavy atom. The maximum absolute atomic E-state index is 13.2. The Bertz CT molecular complexity index is 1260. The number of nitrogens with one attached hydrogen (secondary N) is 1. The molecule has 0 fully saturated rings. The Balaban J connectivity index is 1.50. The average molecular weight is 462 g/mol. The van der Waals surface area contributed by atoms with Crippen LogP contribution in [0.4, 0.5) is 4.39 Å². The van der Waals surface area contributed by atoms with Crippen LogP contribution >= 0.6 is 11.8 Å². The summed E-state index contributed by atoms with van der Waals surface area (Å²) in [6.45, 7) is 0. The Hall–Kier alpha value is -3.98. The number of benzene rings is 3. The minimum absolute atomic E-state index is 0.0775. The van der Waals surface area contributed by atoms with Crippen molar-refractivity contribution in [3.8, 4) is 22.8 Å². The summed E-state index contributed by atoms with van der Waals surface area (Å²) in [5.74, 6) is 0.786. The molecular formula is C24H20FN5O2S. The van der Waals surface area contributed by atoms with Gasteiger partial charge < -0.3 is 4.74 Å². The highest BCUT2D eigenvalue weighted by Crippen LogP contribution is 2.28. The lowest BCUT2D eigenvalue weighted by molar-refractivity contribution is -0.118. The van der Waals surface area contributed by atoms with Crippen LogP contribution in [0.1, 0.15) is 5.56 Å². The number of hydrogen-bond acceptors (Lipinski definition) is 6. The summed E-state index contributed by atoms with van der Waals surface area (Å²) in [5, 5.41) is 13.1. The van der Waals surface area contributed by atoms with Gasteiger partial charge in [0.05, 0.1) is 19.1 Å². The van der Waals surface area contributed by atoms with Crippen molar-refractivity contribution in [3.05, 3.63) is 90.2 Å². The normalized spacial score (nSPS) is 11.0. The zero-order valence-corrected chi connectivity index (χ0v) is 18.5. The van der Waals surface area contributed by atoms with Crippen LogP contribution in [0.2, 0.25) is 0 Å². The SMILES string of the molecule is COc1ccc(-c2nnc(SCC(=O)N/N=C/c3cccc(F)c3)n2-c2ccccc2)cc1. The van der Waals surface area contributed by atoms with Gasteiger partial charge in [-0.15, -0.1) is 10.2 Å². The lowest BCUT2D eigenvalue weighted by Gasteiger charge is -2.10. The van der Waals surface area contributed by atoms with Gasteiger partial charge in [-0.3, -0.25) is 9.36 Å². The monoisotopic (exact) mass is 461 g/mol. The molecule has 3 aromatic carbocycles. The van der Waals surface area contributed by atoms with Crippen LogP contribution in [-0.4, -0.2) is 39.7 Å². The van der Waals surface area contributed by atoms with Crippen LogP contribution in [0.15, 0.2) is 89.1 Å². The maximum Gasteiger partial charge on any atom is 0.250 e. The summed E-state index contributed by atoms with van der Waals surface area (Å²) < 4.78 is 20.4. The number of halogens is 1. The molecule has 4 rings (SSSR count). The third-order valence-corrected chi connectivity index (χ3v) is 5.51. The zero-order valence-electron chi connectivity index (χ0n) is 17.7. The van der Waals surface area contributed by atoms with Crippen LogP contribution in [0.5, 0.6) is 5.75 Å². The van der Waals surface area contributed by atoms with Crippen molar-refractivity contribution in [1.29, 1.82) is 0 Å². The van der Waals surface area contributed by atoms with Crippen molar-refractivity contribution in [2.75, 3.05) is 12.9 Å². The van der Waals surface area contributed by atoms with E-state index in [2.05, 4.69) is 20.7 Å². The van der Waals surface area contributed by atoms with Gasteiger partial charge >= 0.3 is 0 Å². The van der Waals surface area contributed by atoms with Gasteiger partial charge in [-0.2, -0.15) is 5.10 Å². The summed E-state index contributed by atoms with van der Waals surface area (Å²) in [6, 6.07) is 23.1. The van der Waals surface area contributed by atoms with E-state index in [1.807, 2.05) is 59.2 Å². The number of hydrazone groups is 1. The molecule has 33 heavy (non-hydrogen) atoms. The minimum Gasteiger partial charge on any atom is -0.497 e. The molecule has 7 nitrogen and oxygen atoms in total. The molecule has 0 unspecified atom stereocenters. The largest absolute Gasteiger partial charge is 0.497 e. The molecule has 0 aliphatic heterocycles. The summed E-state index contributed by atoms with van der Waals surface area (Å²) in [4.78, 5) is 12.3. The summed E-state index contributed by atoms with van der Waals surface area (Å²) in [6.07, 6.45) is 1.39. The molecule has 0 aliphatic rings. The van der Waals surface area contributed by atoms with Crippen molar-refractivity contribution in [3.63, 3.8) is 0 Å². The summed E-state index contributed by atoms with van der Waals surface area (Å²) >= 11 is 1.24. The number of ether oxygens (including phenoxy) is 1. The van der Waals surface area contributed by atoms with Crippen LogP contribution in [0.3, 0.4) is 0 Å². The van der Waals surface area contributed by atoms with E-state index in [9.17, 15) is 9.18 Å². The molecule has 0 radical (unpaired) electrons. The van der Waals surface area contributed by atoms with Crippen LogP contribution in [-0.2, 0) is 4.79 Å². The second-order valence-corrected chi connectivity index (χ2v) is 7.78. The summed E-state index contributed by atoms with van der Waals surface area (Å²) in [7, 11) is 1.61. The van der Waals surface area contributed by atoms with E-state index >= 15 is 0 Å². The average Bonchev–Trinajstić information content (AvgIpc) is 3.27. The first-order valence-corrected chi connectivity index (χ1v) is 11.0. The van der Waals surface area contributed by atoms with Crippen molar-refractivity contribution >= 4 is 23.9 Å². The Morgan fingerprint density at radius 3 is 2.61 bits per heavy atom. The third kappa shape index (κ3) is 5.64. The van der Waals surface area contributed by atoms with Crippen LogP contribution in [0, 0.1) is 5.82 Å². The number of methoxy groups -OCH3 is 1. The topological polar surface area (TPSA) is 81.4 Å². The van der Waals surface area contributed by atoms with E-state index in [-0.39, 0.29) is 17.5 Å². The lowest BCUT2D eigenvalue weighted by Crippen LogP contribution is -2.20. The van der Waals surface area contributed by atoms with Gasteiger partial charge in [-0.05, 0) is 54.1 Å². The molecule has 4 aromatic rings. The number of thioether (sulfide) groups is 1. The molecule has 0 spiro atoms. The van der Waals surface area contributed by atoms with Gasteiger partial charge in [0.2, 0.25) is 0 Å². The molecule has 0 saturated heterocycles. The number of amides is 1. The third-order valence-electron chi connectivity index (χ3n) is 4.58. The number of hydrogen-bond donors (Lipinski definition) is 1. The maximum atomic E-state index is 13.2. The van der Waals surface area contributed by atoms with Gasteiger partial charge in [0.15, 0.2) is 11.0 Å². The number of carbonyl (C=O) groups is 1. The predicted octanol–water partition coefficient (Wildman–Crippen LogP) is 4.32. The second-order valence-electron chi connectivity index (χ2n) is 6.84. The molecule has 0 bridgehead atoms. The molecule has 0 atom stereocenters. The van der Waals surface area contributed by atoms with E-state index in [1.54, 1.807) is 19.2 Å². The molecular weight excluding hydrogens is 441 g/mol. The van der Waals surface area contributed by atoms with Gasteiger partial charge in [0, 0.05) is 11.3 Å². The van der Waals surface area contributed by atoms with Gasteiger partial charge in [-0.25, -0.2) is 9.82 Å². The van der Waals surface area contributed by atoms with Crippen molar-refractivity contribution in [2.24, 2.45) is 5.10 Å². The van der Waals surface area contributed by atoms with Crippen molar-refractivity contribution in [1.82, 2.24) is 20.2 Å². The summed E-state index contributed by atoms with van der Waals surface area (Å²) in [5.41, 5.74) is 4.74. The highest BCUT2D eigenvalue weighted by atomic mass is 32.2. The highest BCUT2D eigenvalue weighted by molar-refractivity contribution is 7.99. The molecule has 1 N–H and O–H groups in total. The van der Waals surface area contributed by atoms with Gasteiger partial charge in [-0.1, -0.05) is 42.1 Å². The number of carbonyl (C=O) groups excluding carboxylic acids is 1. The Kier molecular flexibility index (Phi) is 7.11. The minimum atomic E-state index is -0.367. The van der Waals surface area contributed by atoms with E-state index in [1.165, 1.54) is 30.1 Å². The number of para-hydroxylation sites is 1. The second kappa shape index (κ2) is 10.6. The highest BCUT2D eigenvalue weighted by Gasteiger charge is 2.17. The molecule has 0 aliphatic carbocycles. The zero-order chi connectivity index (χ0) is 23.0. The van der Waals surface area contributed by atoms with E-state index in [0.717, 1.165) is 17.0 Å². The smallest absolute Gasteiger partial charge is 0.250 e. The van der Waals surface area contributed by atoms with Crippen molar-refractivity contribution < 1.29 is 13.9 Å². The number of rotatable bonds is 8. The van der Waals surface area contributed by atoms with Crippen LogP contribution in [0.25, 0.3) is 17.1 Å². The lowest BCUT2D eigenvalue weighted by atomic mass is 10.2. The van der Waals surface area contributed by atoms with E-state index < -0.39 is 0 Å². The van der Waals surface area contributed by atoms with Gasteiger partial charge in [0.1, 0.15) is 11.6 Å². The van der Waals surface area contributed by atoms with Crippen molar-refractivity contribution in [2.45, 2.75) is 5.16 Å². The van der Waals surface area contributed by atoms with E-state index in [0.29, 0.717) is 16.5 Å². The molecule has 1 amide bonds. The fourth-order valence-corrected chi connectivity index (χ4v) is 3.77. The number of nitrogens with zero attached hydrogens (tertiary/aromatic N) is 4. The quantitative estimate of drug-likeness (QED) is 0.240. The van der Waals surface area contributed by atoms with Crippen LogP contribution < -0.4 is 10.2 Å². The number of aromatic nitrogens is 3. The molecule has 1 aromatic heterocycles. The van der Waals surface area contributed by atoms with Gasteiger partial charge in [0.25, 0.3) is 5.91 Å². The predicted molar refractivity (Wildman–Crippen MR) is 126 cm³/mol. The first kappa shape index (κ1) is 22.2. The van der Waals surface area contributed by atoms with E-state index in [4.69, 9.17) is 4.74 Å². The Labute approximate surface area is 194 Å². The first-order valence-electron chi connectivity index (χ1n) is 9.99. The Morgan fingerprint density at radius 1 is 1.09 bits per heavy atom.